The van der Waals surface area contributed by atoms with Crippen molar-refractivity contribution in [2.24, 2.45) is 5.73 Å². The third-order valence-corrected chi connectivity index (χ3v) is 5.18. The number of aliphatic hydroxyl groups excluding tert-OH is 1. The molecule has 0 unspecified atom stereocenters. The van der Waals surface area contributed by atoms with Crippen molar-refractivity contribution >= 4 is 29.3 Å². The van der Waals surface area contributed by atoms with Crippen LogP contribution in [-0.4, -0.2) is 40.0 Å². The van der Waals surface area contributed by atoms with Crippen molar-refractivity contribution < 1.29 is 19.5 Å². The van der Waals surface area contributed by atoms with Crippen molar-refractivity contribution in [1.29, 1.82) is 0 Å². The molecule has 0 bridgehead atoms. The summed E-state index contributed by atoms with van der Waals surface area (Å²) in [5.41, 5.74) is 6.96. The van der Waals surface area contributed by atoms with Crippen LogP contribution in [0.15, 0.2) is 79.0 Å². The van der Waals surface area contributed by atoms with E-state index < -0.39 is 35.9 Å². The number of halogens is 1. The average molecular weight is 467 g/mol. The fraction of sp³-hybridized carbons (Fsp3) is 0.167. The quantitative estimate of drug-likeness (QED) is 0.356. The Kier molecular flexibility index (Phi) is 8.12. The SMILES string of the molecule is NC(=O)[C@@H](Cc1ccc(Cl)nc1)NC(=O)[C@H](O)[C@@H](NC(=O)c1ccccc1)c1ccccc1. The van der Waals surface area contributed by atoms with Gasteiger partial charge < -0.3 is 21.5 Å². The van der Waals surface area contributed by atoms with E-state index >= 15 is 0 Å². The Balaban J connectivity index is 1.78. The zero-order valence-corrected chi connectivity index (χ0v) is 18.3. The first-order valence-corrected chi connectivity index (χ1v) is 10.5. The van der Waals surface area contributed by atoms with Crippen LogP contribution < -0.4 is 16.4 Å². The van der Waals surface area contributed by atoms with Crippen molar-refractivity contribution in [1.82, 2.24) is 15.6 Å². The molecule has 5 N–H and O–H groups in total. The zero-order valence-electron chi connectivity index (χ0n) is 17.5. The molecule has 3 aromatic rings. The maximum absolute atomic E-state index is 12.9. The number of nitrogens with two attached hydrogens (primary N) is 1. The molecular weight excluding hydrogens is 444 g/mol. The van der Waals surface area contributed by atoms with E-state index in [0.717, 1.165) is 0 Å². The van der Waals surface area contributed by atoms with Gasteiger partial charge in [0.2, 0.25) is 5.91 Å². The van der Waals surface area contributed by atoms with Gasteiger partial charge in [0, 0.05) is 18.2 Å². The highest BCUT2D eigenvalue weighted by atomic mass is 35.5. The highest BCUT2D eigenvalue weighted by Crippen LogP contribution is 2.19. The van der Waals surface area contributed by atoms with Crippen LogP contribution in [0.4, 0.5) is 0 Å². The maximum atomic E-state index is 12.9. The number of aromatic nitrogens is 1. The first-order valence-electron chi connectivity index (χ1n) is 10.1. The molecule has 0 aliphatic carbocycles. The first-order chi connectivity index (χ1) is 15.8. The molecule has 1 heterocycles. The minimum Gasteiger partial charge on any atom is -0.381 e. The van der Waals surface area contributed by atoms with E-state index in [1.54, 1.807) is 72.8 Å². The number of nitrogens with one attached hydrogen (secondary N) is 2. The van der Waals surface area contributed by atoms with Gasteiger partial charge in [0.05, 0.1) is 6.04 Å². The number of primary amides is 1. The highest BCUT2D eigenvalue weighted by molar-refractivity contribution is 6.29. The van der Waals surface area contributed by atoms with Crippen LogP contribution in [-0.2, 0) is 16.0 Å². The topological polar surface area (TPSA) is 134 Å². The number of rotatable bonds is 9. The Hall–Kier alpha value is -3.75. The summed E-state index contributed by atoms with van der Waals surface area (Å²) in [5.74, 6) is -2.10. The number of hydrogen-bond donors (Lipinski definition) is 4. The van der Waals surface area contributed by atoms with Crippen LogP contribution in [0.25, 0.3) is 0 Å². The second-order valence-corrected chi connectivity index (χ2v) is 7.72. The number of carbonyl (C=O) groups is 3. The normalized spacial score (nSPS) is 13.4. The molecule has 0 fully saturated rings. The lowest BCUT2D eigenvalue weighted by molar-refractivity contribution is -0.134. The molecule has 0 saturated heterocycles. The number of hydrogen-bond acceptors (Lipinski definition) is 5. The summed E-state index contributed by atoms with van der Waals surface area (Å²) in [4.78, 5) is 41.5. The molecule has 3 amide bonds. The maximum Gasteiger partial charge on any atom is 0.252 e. The first kappa shape index (κ1) is 23.9. The second kappa shape index (κ2) is 11.2. The van der Waals surface area contributed by atoms with E-state index in [-0.39, 0.29) is 11.6 Å². The van der Waals surface area contributed by atoms with Gasteiger partial charge in [-0.25, -0.2) is 4.98 Å². The van der Waals surface area contributed by atoms with Gasteiger partial charge >= 0.3 is 0 Å². The van der Waals surface area contributed by atoms with E-state index in [2.05, 4.69) is 15.6 Å². The number of aliphatic hydroxyl groups is 1. The molecule has 33 heavy (non-hydrogen) atoms. The lowest BCUT2D eigenvalue weighted by Gasteiger charge is -2.26. The van der Waals surface area contributed by atoms with Gasteiger partial charge in [-0.1, -0.05) is 66.2 Å². The summed E-state index contributed by atoms with van der Waals surface area (Å²) in [6.45, 7) is 0. The van der Waals surface area contributed by atoms with Crippen molar-refractivity contribution in [2.75, 3.05) is 0 Å². The molecular formula is C24H23ClN4O4. The van der Waals surface area contributed by atoms with Gasteiger partial charge in [0.15, 0.2) is 6.10 Å². The molecule has 0 aliphatic heterocycles. The molecule has 1 aromatic heterocycles. The predicted octanol–water partition coefficient (Wildman–Crippen LogP) is 1.78. The van der Waals surface area contributed by atoms with Crippen molar-refractivity contribution in [3.05, 3.63) is 101 Å². The largest absolute Gasteiger partial charge is 0.381 e. The Labute approximate surface area is 195 Å². The molecule has 170 valence electrons. The summed E-state index contributed by atoms with van der Waals surface area (Å²) >= 11 is 5.78. The summed E-state index contributed by atoms with van der Waals surface area (Å²) in [7, 11) is 0. The lowest BCUT2D eigenvalue weighted by atomic mass is 9.99. The van der Waals surface area contributed by atoms with Crippen LogP contribution in [0, 0.1) is 0 Å². The van der Waals surface area contributed by atoms with Gasteiger partial charge in [-0.2, -0.15) is 0 Å². The Morgan fingerprint density at radius 3 is 2.15 bits per heavy atom. The van der Waals surface area contributed by atoms with Crippen LogP contribution in [0.3, 0.4) is 0 Å². The molecule has 0 aliphatic rings. The van der Waals surface area contributed by atoms with E-state index in [1.807, 2.05) is 0 Å². The molecule has 0 saturated carbocycles. The monoisotopic (exact) mass is 466 g/mol. The van der Waals surface area contributed by atoms with E-state index in [9.17, 15) is 19.5 Å². The second-order valence-electron chi connectivity index (χ2n) is 7.33. The number of carbonyl (C=O) groups excluding carboxylic acids is 3. The van der Waals surface area contributed by atoms with Crippen LogP contribution in [0.5, 0.6) is 0 Å². The molecule has 8 nitrogen and oxygen atoms in total. The minimum atomic E-state index is -1.69. The molecule has 9 heteroatoms. The van der Waals surface area contributed by atoms with Crippen LogP contribution >= 0.6 is 11.6 Å². The highest BCUT2D eigenvalue weighted by Gasteiger charge is 2.31. The van der Waals surface area contributed by atoms with Gasteiger partial charge in [-0.05, 0) is 29.3 Å². The lowest BCUT2D eigenvalue weighted by Crippen LogP contribution is -2.52. The Bertz CT molecular complexity index is 1090. The molecule has 0 radical (unpaired) electrons. The number of amides is 3. The van der Waals surface area contributed by atoms with E-state index in [4.69, 9.17) is 17.3 Å². The zero-order chi connectivity index (χ0) is 23.8. The molecule has 3 atom stereocenters. The van der Waals surface area contributed by atoms with Gasteiger partial charge in [0.1, 0.15) is 11.2 Å². The predicted molar refractivity (Wildman–Crippen MR) is 123 cm³/mol. The fourth-order valence-electron chi connectivity index (χ4n) is 3.21. The minimum absolute atomic E-state index is 0.0599. The van der Waals surface area contributed by atoms with Gasteiger partial charge in [-0.3, -0.25) is 14.4 Å². The standard InChI is InChI=1S/C24H23ClN4O4/c25-19-12-11-15(14-27-19)13-18(22(26)31)28-24(33)21(30)20(16-7-3-1-4-8-16)29-23(32)17-9-5-2-6-10-17/h1-12,14,18,20-21,30H,13H2,(H2,26,31)(H,28,33)(H,29,32)/t18-,20+,21-/m1/s1. The third kappa shape index (κ3) is 6.61. The van der Waals surface area contributed by atoms with Gasteiger partial charge in [0.25, 0.3) is 11.8 Å². The summed E-state index contributed by atoms with van der Waals surface area (Å²) < 4.78 is 0. The third-order valence-electron chi connectivity index (χ3n) is 4.95. The van der Waals surface area contributed by atoms with E-state index in [0.29, 0.717) is 16.7 Å². The smallest absolute Gasteiger partial charge is 0.252 e. The van der Waals surface area contributed by atoms with Crippen molar-refractivity contribution in [3.63, 3.8) is 0 Å². The van der Waals surface area contributed by atoms with E-state index in [1.165, 1.54) is 6.20 Å². The Morgan fingerprint density at radius 1 is 0.939 bits per heavy atom. The Morgan fingerprint density at radius 2 is 1.58 bits per heavy atom. The summed E-state index contributed by atoms with van der Waals surface area (Å²) in [5, 5.41) is 16.3. The molecule has 0 spiro atoms. The fourth-order valence-corrected chi connectivity index (χ4v) is 3.32. The molecule has 2 aromatic carbocycles. The number of benzene rings is 2. The summed E-state index contributed by atoms with van der Waals surface area (Å²) in [6, 6.07) is 18.0. The van der Waals surface area contributed by atoms with Crippen molar-refractivity contribution in [3.8, 4) is 0 Å². The average Bonchev–Trinajstić information content (AvgIpc) is 2.83. The number of nitrogens with zero attached hydrogens (tertiary/aromatic N) is 1. The van der Waals surface area contributed by atoms with Crippen LogP contribution in [0.2, 0.25) is 5.15 Å². The van der Waals surface area contributed by atoms with Crippen LogP contribution in [0.1, 0.15) is 27.5 Å². The molecule has 3 rings (SSSR count). The number of pyridine rings is 1. The van der Waals surface area contributed by atoms with Gasteiger partial charge in [-0.15, -0.1) is 0 Å². The summed E-state index contributed by atoms with van der Waals surface area (Å²) in [6.07, 6.45) is -0.164. The van der Waals surface area contributed by atoms with Crippen molar-refractivity contribution in [2.45, 2.75) is 24.6 Å².